The van der Waals surface area contributed by atoms with E-state index in [1.807, 2.05) is 25.1 Å². The van der Waals surface area contributed by atoms with E-state index in [1.165, 1.54) is 0 Å². The smallest absolute Gasteiger partial charge is 0.260 e. The van der Waals surface area contributed by atoms with Crippen LogP contribution in [-0.4, -0.2) is 27.3 Å². The van der Waals surface area contributed by atoms with Crippen LogP contribution < -0.4 is 16.0 Å². The van der Waals surface area contributed by atoms with Gasteiger partial charge in [0, 0.05) is 36.3 Å². The number of aliphatic hydroxyl groups is 1. The average molecular weight is 383 g/mol. The summed E-state index contributed by atoms with van der Waals surface area (Å²) in [6, 6.07) is 5.49. The number of nitrogens with zero attached hydrogens (tertiary/aromatic N) is 2. The third-order valence-corrected chi connectivity index (χ3v) is 5.12. The van der Waals surface area contributed by atoms with Crippen LogP contribution >= 0.6 is 0 Å². The highest BCUT2D eigenvalue weighted by Crippen LogP contribution is 2.33. The summed E-state index contributed by atoms with van der Waals surface area (Å²) in [7, 11) is 1.74. The number of aryl methyl sites for hydroxylation is 2. The number of aromatic nitrogens is 2. The Morgan fingerprint density at radius 1 is 1.25 bits per heavy atom. The Hall–Kier alpha value is -2.44. The van der Waals surface area contributed by atoms with E-state index in [1.54, 1.807) is 24.7 Å². The number of benzene rings is 1. The van der Waals surface area contributed by atoms with Gasteiger partial charge < -0.3 is 20.1 Å². The second kappa shape index (κ2) is 7.89. The van der Waals surface area contributed by atoms with Crippen molar-refractivity contribution in [1.82, 2.24) is 9.55 Å². The number of aliphatic hydroxyl groups excluding tert-OH is 1. The number of fused-ring (bicyclic) bond motifs is 3. The minimum Gasteiger partial charge on any atom is -0.492 e. The Bertz CT molecular complexity index is 1070. The van der Waals surface area contributed by atoms with Crippen molar-refractivity contribution >= 4 is 21.7 Å². The molecule has 1 unspecified atom stereocenters. The molecule has 6 heteroatoms. The minimum atomic E-state index is -0.712. The minimum absolute atomic E-state index is 0.0910. The molecule has 0 fully saturated rings. The maximum atomic E-state index is 12.9. The van der Waals surface area contributed by atoms with Gasteiger partial charge in [0.05, 0.1) is 22.7 Å². The van der Waals surface area contributed by atoms with Crippen molar-refractivity contribution in [1.29, 1.82) is 0 Å². The maximum absolute atomic E-state index is 12.9. The predicted octanol–water partition coefficient (Wildman–Crippen LogP) is 3.20. The van der Waals surface area contributed by atoms with Crippen molar-refractivity contribution < 1.29 is 9.84 Å². The van der Waals surface area contributed by atoms with Crippen LogP contribution in [0.1, 0.15) is 44.6 Å². The summed E-state index contributed by atoms with van der Waals surface area (Å²) in [5.74, 6) is 1.04. The zero-order valence-corrected chi connectivity index (χ0v) is 17.2. The summed E-state index contributed by atoms with van der Waals surface area (Å²) >= 11 is 0. The molecule has 3 rings (SSSR count). The number of ether oxygens (including phenoxy) is 1. The van der Waals surface area contributed by atoms with Crippen LogP contribution in [0, 0.1) is 12.8 Å². The first-order valence-corrected chi connectivity index (χ1v) is 9.69. The molecule has 2 heterocycles. The third-order valence-electron chi connectivity index (χ3n) is 5.12. The second-order valence-electron chi connectivity index (χ2n) is 7.97. The molecule has 0 saturated carbocycles. The molecule has 3 N–H and O–H groups in total. The van der Waals surface area contributed by atoms with Crippen molar-refractivity contribution in [2.45, 2.75) is 46.3 Å². The van der Waals surface area contributed by atoms with Crippen LogP contribution in [0.5, 0.6) is 5.75 Å². The van der Waals surface area contributed by atoms with Crippen molar-refractivity contribution in [2.75, 3.05) is 6.61 Å². The van der Waals surface area contributed by atoms with Gasteiger partial charge in [-0.05, 0) is 43.7 Å². The first-order chi connectivity index (χ1) is 13.2. The molecule has 1 aromatic carbocycles. The van der Waals surface area contributed by atoms with E-state index in [0.29, 0.717) is 34.9 Å². The molecule has 0 aliphatic rings. The summed E-state index contributed by atoms with van der Waals surface area (Å²) in [4.78, 5) is 17.2. The Balaban J connectivity index is 2.18. The molecular weight excluding hydrogens is 354 g/mol. The lowest BCUT2D eigenvalue weighted by molar-refractivity contribution is 0.189. The molecule has 0 radical (unpaired) electrons. The van der Waals surface area contributed by atoms with Gasteiger partial charge >= 0.3 is 0 Å². The van der Waals surface area contributed by atoms with Crippen LogP contribution in [0.2, 0.25) is 0 Å². The highest BCUT2D eigenvalue weighted by atomic mass is 16.5. The van der Waals surface area contributed by atoms with Crippen LogP contribution in [0.4, 0.5) is 0 Å². The highest BCUT2D eigenvalue weighted by Gasteiger charge is 2.18. The molecule has 3 aromatic rings. The van der Waals surface area contributed by atoms with Crippen LogP contribution in [0.3, 0.4) is 0 Å². The summed E-state index contributed by atoms with van der Waals surface area (Å²) in [6.07, 6.45) is 1.84. The van der Waals surface area contributed by atoms with Crippen LogP contribution in [0.25, 0.3) is 21.7 Å². The molecule has 0 aliphatic carbocycles. The van der Waals surface area contributed by atoms with Gasteiger partial charge in [-0.3, -0.25) is 9.78 Å². The molecular formula is C22H29N3O3. The quantitative estimate of drug-likeness (QED) is 0.638. The average Bonchev–Trinajstić information content (AvgIpc) is 2.63. The molecule has 28 heavy (non-hydrogen) atoms. The standard InChI is InChI=1S/C22H29N3O3/c1-12(2)8-15(23)11-28-20-10-19-18(9-17(20)14(4)26)16-6-7-24-13(3)21(16)22(27)25(19)5/h6-7,9-10,12,14-15,26H,8,11,23H2,1-5H3/t14?,15-/m1/s1. The SMILES string of the molecule is Cc1nccc2c1c(=O)n(C)c1cc(OC[C@H](N)CC(C)C)c(C(C)O)cc21. The van der Waals surface area contributed by atoms with Crippen LogP contribution in [0.15, 0.2) is 29.2 Å². The number of rotatable bonds is 6. The van der Waals surface area contributed by atoms with Gasteiger partial charge in [0.2, 0.25) is 0 Å². The lowest BCUT2D eigenvalue weighted by atomic mass is 10.0. The van der Waals surface area contributed by atoms with E-state index in [2.05, 4.69) is 18.8 Å². The molecule has 0 spiro atoms. The van der Waals surface area contributed by atoms with E-state index in [0.717, 1.165) is 22.7 Å². The molecule has 2 aromatic heterocycles. The zero-order chi connectivity index (χ0) is 20.6. The first-order valence-electron chi connectivity index (χ1n) is 9.69. The van der Waals surface area contributed by atoms with Crippen LogP contribution in [-0.2, 0) is 7.05 Å². The van der Waals surface area contributed by atoms with E-state index in [4.69, 9.17) is 10.5 Å². The molecule has 0 bridgehead atoms. The van der Waals surface area contributed by atoms with Gasteiger partial charge in [-0.2, -0.15) is 0 Å². The summed E-state index contributed by atoms with van der Waals surface area (Å²) < 4.78 is 7.60. The molecule has 150 valence electrons. The lowest BCUT2D eigenvalue weighted by Crippen LogP contribution is -2.29. The van der Waals surface area contributed by atoms with Gasteiger partial charge in [-0.15, -0.1) is 0 Å². The molecule has 0 saturated heterocycles. The van der Waals surface area contributed by atoms with Crippen molar-refractivity contribution in [2.24, 2.45) is 18.7 Å². The Morgan fingerprint density at radius 2 is 1.96 bits per heavy atom. The van der Waals surface area contributed by atoms with Gasteiger partial charge in [-0.1, -0.05) is 13.8 Å². The number of hydrogen-bond acceptors (Lipinski definition) is 5. The van der Waals surface area contributed by atoms with E-state index in [9.17, 15) is 9.90 Å². The number of pyridine rings is 2. The fraction of sp³-hybridized carbons (Fsp3) is 0.455. The third kappa shape index (κ3) is 3.75. The lowest BCUT2D eigenvalue weighted by Gasteiger charge is -2.20. The van der Waals surface area contributed by atoms with E-state index in [-0.39, 0.29) is 11.6 Å². The monoisotopic (exact) mass is 383 g/mol. The van der Waals surface area contributed by atoms with Crippen molar-refractivity contribution in [3.8, 4) is 5.75 Å². The predicted molar refractivity (Wildman–Crippen MR) is 113 cm³/mol. The molecule has 2 atom stereocenters. The van der Waals surface area contributed by atoms with Gasteiger partial charge in [0.25, 0.3) is 5.56 Å². The fourth-order valence-electron chi connectivity index (χ4n) is 3.74. The maximum Gasteiger partial charge on any atom is 0.260 e. The van der Waals surface area contributed by atoms with Gasteiger partial charge in [-0.25, -0.2) is 0 Å². The van der Waals surface area contributed by atoms with E-state index >= 15 is 0 Å². The van der Waals surface area contributed by atoms with E-state index < -0.39 is 6.10 Å². The fourth-order valence-corrected chi connectivity index (χ4v) is 3.74. The first kappa shape index (κ1) is 20.3. The molecule has 6 nitrogen and oxygen atoms in total. The summed E-state index contributed by atoms with van der Waals surface area (Å²) in [6.45, 7) is 8.13. The zero-order valence-electron chi connectivity index (χ0n) is 17.2. The number of nitrogens with two attached hydrogens (primary N) is 1. The van der Waals surface area contributed by atoms with Gasteiger partial charge in [0.15, 0.2) is 0 Å². The Morgan fingerprint density at radius 3 is 2.61 bits per heavy atom. The van der Waals surface area contributed by atoms with Crippen molar-refractivity contribution in [3.05, 3.63) is 46.0 Å². The topological polar surface area (TPSA) is 90.4 Å². The Labute approximate surface area is 165 Å². The number of hydrogen-bond donors (Lipinski definition) is 2. The summed E-state index contributed by atoms with van der Waals surface area (Å²) in [5.41, 5.74) is 8.18. The normalized spacial score (nSPS) is 14.0. The second-order valence-corrected chi connectivity index (χ2v) is 7.97. The largest absolute Gasteiger partial charge is 0.492 e. The molecule has 0 amide bonds. The summed E-state index contributed by atoms with van der Waals surface area (Å²) in [5, 5.41) is 12.6. The highest BCUT2D eigenvalue weighted by molar-refractivity contribution is 6.06. The van der Waals surface area contributed by atoms with Crippen molar-refractivity contribution in [3.63, 3.8) is 0 Å². The van der Waals surface area contributed by atoms with Gasteiger partial charge in [0.1, 0.15) is 12.4 Å². The molecule has 0 aliphatic heterocycles. The Kier molecular flexibility index (Phi) is 5.72.